The summed E-state index contributed by atoms with van der Waals surface area (Å²) in [5.41, 5.74) is 7.81. The lowest BCUT2D eigenvalue weighted by molar-refractivity contribution is 0.829. The van der Waals surface area contributed by atoms with E-state index in [1.807, 2.05) is 10.8 Å². The molecule has 0 spiro atoms. The molecule has 1 atom stereocenters. The minimum Gasteiger partial charge on any atom is -0.319 e. The van der Waals surface area contributed by atoms with Gasteiger partial charge >= 0.3 is 0 Å². The van der Waals surface area contributed by atoms with E-state index in [0.717, 1.165) is 10.0 Å². The quantitative estimate of drug-likeness (QED) is 0.920. The molecule has 2 nitrogen and oxygen atoms in total. The van der Waals surface area contributed by atoms with Crippen LogP contribution >= 0.6 is 38.9 Å². The zero-order chi connectivity index (χ0) is 10.8. The van der Waals surface area contributed by atoms with Gasteiger partial charge in [-0.1, -0.05) is 11.6 Å². The summed E-state index contributed by atoms with van der Waals surface area (Å²) >= 11 is 11.1. The fraction of sp³-hybridized carbons (Fsp3) is 0.100. The number of pyridine rings is 1. The van der Waals surface area contributed by atoms with Crippen molar-refractivity contribution in [3.8, 4) is 0 Å². The highest BCUT2D eigenvalue weighted by atomic mass is 79.9. The van der Waals surface area contributed by atoms with Gasteiger partial charge in [-0.05, 0) is 39.0 Å². The van der Waals surface area contributed by atoms with E-state index in [-0.39, 0.29) is 6.04 Å². The maximum Gasteiger partial charge on any atom is 0.0802 e. The van der Waals surface area contributed by atoms with Crippen LogP contribution in [0.25, 0.3) is 0 Å². The molecule has 0 saturated carbocycles. The number of hydrogen-bond acceptors (Lipinski definition) is 3. The predicted molar refractivity (Wildman–Crippen MR) is 67.3 cm³/mol. The SMILES string of the molecule is NC(c1cscc1Br)c1ncccc1Cl. The first-order valence-electron chi connectivity index (χ1n) is 4.27. The normalized spacial score (nSPS) is 12.7. The Morgan fingerprint density at radius 1 is 1.47 bits per heavy atom. The topological polar surface area (TPSA) is 38.9 Å². The zero-order valence-corrected chi connectivity index (χ0v) is 10.8. The molecule has 2 N–H and O–H groups in total. The molecule has 0 aliphatic carbocycles. The van der Waals surface area contributed by atoms with Gasteiger partial charge in [-0.3, -0.25) is 4.98 Å². The molecule has 15 heavy (non-hydrogen) atoms. The third kappa shape index (κ3) is 2.23. The Kier molecular flexibility index (Phi) is 3.41. The highest BCUT2D eigenvalue weighted by Crippen LogP contribution is 2.31. The van der Waals surface area contributed by atoms with Gasteiger partial charge in [0, 0.05) is 16.0 Å². The van der Waals surface area contributed by atoms with Crippen LogP contribution in [0.3, 0.4) is 0 Å². The minimum absolute atomic E-state index is 0.278. The summed E-state index contributed by atoms with van der Waals surface area (Å²) < 4.78 is 1.00. The molecule has 1 unspecified atom stereocenters. The molecule has 0 bridgehead atoms. The van der Waals surface area contributed by atoms with E-state index in [4.69, 9.17) is 17.3 Å². The Morgan fingerprint density at radius 2 is 2.27 bits per heavy atom. The highest BCUT2D eigenvalue weighted by molar-refractivity contribution is 9.10. The Labute approximate surface area is 105 Å². The van der Waals surface area contributed by atoms with Crippen LogP contribution in [0.2, 0.25) is 5.02 Å². The van der Waals surface area contributed by atoms with E-state index in [1.165, 1.54) is 0 Å². The van der Waals surface area contributed by atoms with Gasteiger partial charge < -0.3 is 5.73 Å². The second-order valence-electron chi connectivity index (χ2n) is 3.02. The molecule has 0 aromatic carbocycles. The minimum atomic E-state index is -0.278. The molecule has 0 radical (unpaired) electrons. The first kappa shape index (κ1) is 11.1. The monoisotopic (exact) mass is 302 g/mol. The smallest absolute Gasteiger partial charge is 0.0802 e. The second kappa shape index (κ2) is 4.61. The molecule has 0 aliphatic heterocycles. The summed E-state index contributed by atoms with van der Waals surface area (Å²) in [5.74, 6) is 0. The molecule has 2 heterocycles. The van der Waals surface area contributed by atoms with Crippen LogP contribution in [-0.2, 0) is 0 Å². The van der Waals surface area contributed by atoms with E-state index < -0.39 is 0 Å². The largest absolute Gasteiger partial charge is 0.319 e. The molecule has 2 aromatic rings. The average molecular weight is 304 g/mol. The molecule has 0 fully saturated rings. The first-order chi connectivity index (χ1) is 7.20. The molecule has 5 heteroatoms. The predicted octanol–water partition coefficient (Wildman–Crippen LogP) is 3.61. The van der Waals surface area contributed by atoms with Crippen LogP contribution < -0.4 is 5.73 Å². The van der Waals surface area contributed by atoms with Crippen LogP contribution in [0.1, 0.15) is 17.3 Å². The number of thiophene rings is 1. The third-order valence-electron chi connectivity index (χ3n) is 2.06. The molecular weight excluding hydrogens is 296 g/mol. The van der Waals surface area contributed by atoms with Crippen molar-refractivity contribution in [3.05, 3.63) is 49.8 Å². The summed E-state index contributed by atoms with van der Waals surface area (Å²) in [7, 11) is 0. The van der Waals surface area contributed by atoms with Gasteiger partial charge in [0.1, 0.15) is 0 Å². The van der Waals surface area contributed by atoms with Crippen molar-refractivity contribution >= 4 is 38.9 Å². The van der Waals surface area contributed by atoms with Crippen molar-refractivity contribution in [2.45, 2.75) is 6.04 Å². The summed E-state index contributed by atoms with van der Waals surface area (Å²) in [4.78, 5) is 4.20. The molecule has 2 rings (SSSR count). The summed E-state index contributed by atoms with van der Waals surface area (Å²) in [6.45, 7) is 0. The van der Waals surface area contributed by atoms with Gasteiger partial charge in [0.25, 0.3) is 0 Å². The van der Waals surface area contributed by atoms with E-state index >= 15 is 0 Å². The van der Waals surface area contributed by atoms with Crippen molar-refractivity contribution in [1.29, 1.82) is 0 Å². The Morgan fingerprint density at radius 3 is 2.87 bits per heavy atom. The van der Waals surface area contributed by atoms with Crippen molar-refractivity contribution in [2.75, 3.05) is 0 Å². The van der Waals surface area contributed by atoms with E-state index in [2.05, 4.69) is 20.9 Å². The van der Waals surface area contributed by atoms with Gasteiger partial charge in [0.15, 0.2) is 0 Å². The summed E-state index contributed by atoms with van der Waals surface area (Å²) in [5, 5.41) is 4.59. The maximum atomic E-state index is 6.09. The van der Waals surface area contributed by atoms with Crippen LogP contribution in [0.4, 0.5) is 0 Å². The lowest BCUT2D eigenvalue weighted by atomic mass is 10.1. The van der Waals surface area contributed by atoms with Gasteiger partial charge in [0.2, 0.25) is 0 Å². The van der Waals surface area contributed by atoms with Gasteiger partial charge in [-0.2, -0.15) is 11.3 Å². The fourth-order valence-corrected chi connectivity index (χ4v) is 3.11. The molecular formula is C10H8BrClN2S. The van der Waals surface area contributed by atoms with Crippen LogP contribution in [-0.4, -0.2) is 4.98 Å². The lowest BCUT2D eigenvalue weighted by Crippen LogP contribution is -2.13. The van der Waals surface area contributed by atoms with Gasteiger partial charge in [0.05, 0.1) is 16.8 Å². The third-order valence-corrected chi connectivity index (χ3v) is 4.13. The standard InChI is InChI=1S/C10H8BrClN2S/c11-7-5-15-4-6(7)9(13)10-8(12)2-1-3-14-10/h1-5,9H,13H2. The molecule has 0 saturated heterocycles. The van der Waals surface area contributed by atoms with Crippen molar-refractivity contribution in [2.24, 2.45) is 5.73 Å². The zero-order valence-electron chi connectivity index (χ0n) is 7.65. The molecule has 0 amide bonds. The number of aromatic nitrogens is 1. The number of nitrogens with zero attached hydrogens (tertiary/aromatic N) is 1. The van der Waals surface area contributed by atoms with E-state index in [1.54, 1.807) is 29.7 Å². The number of hydrogen-bond donors (Lipinski definition) is 1. The fourth-order valence-electron chi connectivity index (χ4n) is 1.29. The summed E-state index contributed by atoms with van der Waals surface area (Å²) in [6.07, 6.45) is 1.70. The van der Waals surface area contributed by atoms with Gasteiger partial charge in [-0.25, -0.2) is 0 Å². The van der Waals surface area contributed by atoms with Crippen molar-refractivity contribution in [1.82, 2.24) is 4.98 Å². The van der Waals surface area contributed by atoms with Gasteiger partial charge in [-0.15, -0.1) is 0 Å². The van der Waals surface area contributed by atoms with Crippen LogP contribution in [0.15, 0.2) is 33.6 Å². The second-order valence-corrected chi connectivity index (χ2v) is 5.03. The Bertz CT molecular complexity index is 472. The molecule has 0 aliphatic rings. The number of halogens is 2. The Balaban J connectivity index is 2.41. The molecule has 78 valence electrons. The number of rotatable bonds is 2. The highest BCUT2D eigenvalue weighted by Gasteiger charge is 2.16. The number of nitrogens with two attached hydrogens (primary N) is 1. The van der Waals surface area contributed by atoms with E-state index in [9.17, 15) is 0 Å². The Hall–Kier alpha value is -0.420. The first-order valence-corrected chi connectivity index (χ1v) is 6.39. The van der Waals surface area contributed by atoms with Crippen LogP contribution in [0, 0.1) is 0 Å². The van der Waals surface area contributed by atoms with Crippen LogP contribution in [0.5, 0.6) is 0 Å². The average Bonchev–Trinajstić information content (AvgIpc) is 2.64. The maximum absolute atomic E-state index is 6.09. The lowest BCUT2D eigenvalue weighted by Gasteiger charge is -2.11. The molecule has 2 aromatic heterocycles. The van der Waals surface area contributed by atoms with Crippen molar-refractivity contribution < 1.29 is 0 Å². The van der Waals surface area contributed by atoms with Crippen molar-refractivity contribution in [3.63, 3.8) is 0 Å². The summed E-state index contributed by atoms with van der Waals surface area (Å²) in [6, 6.07) is 3.31. The van der Waals surface area contributed by atoms with E-state index in [0.29, 0.717) is 10.7 Å².